The van der Waals surface area contributed by atoms with Crippen LogP contribution in [-0.2, 0) is 11.0 Å². The number of nitriles is 1. The van der Waals surface area contributed by atoms with Crippen LogP contribution in [0, 0.1) is 11.3 Å². The lowest BCUT2D eigenvalue weighted by atomic mass is 10.1. The highest BCUT2D eigenvalue weighted by Gasteiger charge is 2.40. The van der Waals surface area contributed by atoms with Gasteiger partial charge >= 0.3 is 6.18 Å². The summed E-state index contributed by atoms with van der Waals surface area (Å²) in [6.45, 7) is -0.270. The average Bonchev–Trinajstić information content (AvgIpc) is 3.44. The average molecular weight is 390 g/mol. The van der Waals surface area contributed by atoms with Gasteiger partial charge in [-0.1, -0.05) is 18.2 Å². The lowest BCUT2D eigenvalue weighted by Gasteiger charge is -2.11. The largest absolute Gasteiger partial charge is 0.493 e. The number of nitrogens with zero attached hydrogens (tertiary/aromatic N) is 1. The third-order valence-electron chi connectivity index (χ3n) is 4.43. The number of benzene rings is 2. The Kier molecular flexibility index (Phi) is 5.45. The van der Waals surface area contributed by atoms with Crippen molar-refractivity contribution in [2.45, 2.75) is 24.6 Å². The molecule has 1 N–H and O–H groups in total. The Morgan fingerprint density at radius 2 is 2.04 bits per heavy atom. The molecule has 0 saturated heterocycles. The van der Waals surface area contributed by atoms with Gasteiger partial charge in [0.05, 0.1) is 24.3 Å². The van der Waals surface area contributed by atoms with Crippen LogP contribution in [0.2, 0.25) is 0 Å². The highest BCUT2D eigenvalue weighted by molar-refractivity contribution is 5.78. The molecule has 1 fully saturated rings. The summed E-state index contributed by atoms with van der Waals surface area (Å²) in [6.07, 6.45) is -3.81. The molecule has 1 saturated carbocycles. The summed E-state index contributed by atoms with van der Waals surface area (Å²) >= 11 is 0. The highest BCUT2D eigenvalue weighted by atomic mass is 19.4. The topological polar surface area (TPSA) is 71.3 Å². The SMILES string of the molecule is COc1cc(C#N)ccc1OCC(=O)NC1CC1c1cccc(C(F)(F)F)c1. The first-order valence-electron chi connectivity index (χ1n) is 8.49. The number of methoxy groups -OCH3 is 1. The Morgan fingerprint density at radius 1 is 1.25 bits per heavy atom. The van der Waals surface area contributed by atoms with Crippen LogP contribution in [0.25, 0.3) is 0 Å². The van der Waals surface area contributed by atoms with Crippen molar-refractivity contribution in [3.05, 3.63) is 59.2 Å². The van der Waals surface area contributed by atoms with Crippen molar-refractivity contribution in [2.24, 2.45) is 0 Å². The Morgan fingerprint density at radius 3 is 2.71 bits per heavy atom. The summed E-state index contributed by atoms with van der Waals surface area (Å²) in [5.41, 5.74) is 0.253. The molecular weight excluding hydrogens is 373 g/mol. The van der Waals surface area contributed by atoms with E-state index in [9.17, 15) is 18.0 Å². The summed E-state index contributed by atoms with van der Waals surface area (Å²) in [4.78, 5) is 12.1. The summed E-state index contributed by atoms with van der Waals surface area (Å²) in [5.74, 6) is 0.128. The van der Waals surface area contributed by atoms with Gasteiger partial charge in [-0.25, -0.2) is 0 Å². The minimum Gasteiger partial charge on any atom is -0.493 e. The predicted octanol–water partition coefficient (Wildman–Crippen LogP) is 3.64. The molecule has 0 aromatic heterocycles. The smallest absolute Gasteiger partial charge is 0.416 e. The molecule has 1 amide bonds. The van der Waals surface area contributed by atoms with E-state index in [0.717, 1.165) is 12.1 Å². The van der Waals surface area contributed by atoms with E-state index >= 15 is 0 Å². The maximum Gasteiger partial charge on any atom is 0.416 e. The fraction of sp³-hybridized carbons (Fsp3) is 0.300. The third kappa shape index (κ3) is 4.55. The molecule has 2 atom stereocenters. The second-order valence-corrected chi connectivity index (χ2v) is 6.41. The van der Waals surface area contributed by atoms with Crippen molar-refractivity contribution in [1.29, 1.82) is 5.26 Å². The van der Waals surface area contributed by atoms with Gasteiger partial charge in [-0.15, -0.1) is 0 Å². The molecule has 2 aromatic carbocycles. The Bertz CT molecular complexity index is 922. The van der Waals surface area contributed by atoms with Crippen LogP contribution in [-0.4, -0.2) is 25.7 Å². The molecule has 8 heteroatoms. The summed E-state index contributed by atoms with van der Waals surface area (Å²) in [6, 6.07) is 11.5. The molecule has 2 aromatic rings. The summed E-state index contributed by atoms with van der Waals surface area (Å²) < 4.78 is 49.0. The number of carbonyl (C=O) groups excluding carboxylic acids is 1. The quantitative estimate of drug-likeness (QED) is 0.818. The van der Waals surface area contributed by atoms with Crippen LogP contribution < -0.4 is 14.8 Å². The molecule has 0 bridgehead atoms. The molecule has 1 aliphatic carbocycles. The first-order chi connectivity index (χ1) is 13.3. The molecule has 0 radical (unpaired) electrons. The van der Waals surface area contributed by atoms with E-state index in [1.165, 1.54) is 25.3 Å². The van der Waals surface area contributed by atoms with Crippen LogP contribution in [0.4, 0.5) is 13.2 Å². The van der Waals surface area contributed by atoms with Gasteiger partial charge in [0.1, 0.15) is 0 Å². The molecule has 1 aliphatic rings. The molecule has 0 spiro atoms. The van der Waals surface area contributed by atoms with E-state index in [1.54, 1.807) is 12.1 Å². The van der Waals surface area contributed by atoms with Gasteiger partial charge in [-0.05, 0) is 30.2 Å². The van der Waals surface area contributed by atoms with Crippen LogP contribution in [0.5, 0.6) is 11.5 Å². The number of amides is 1. The molecule has 2 unspecified atom stereocenters. The molecular formula is C20H17F3N2O3. The number of halogens is 3. The second kappa shape index (κ2) is 7.80. The van der Waals surface area contributed by atoms with Gasteiger partial charge in [0.2, 0.25) is 0 Å². The number of hydrogen-bond donors (Lipinski definition) is 1. The minimum atomic E-state index is -4.39. The standard InChI is InChI=1S/C20H17F3N2O3/c1-27-18-7-12(10-24)5-6-17(18)28-11-19(26)25-16-9-15(16)13-3-2-4-14(8-13)20(21,22)23/h2-8,15-16H,9,11H2,1H3,(H,25,26). The lowest BCUT2D eigenvalue weighted by Crippen LogP contribution is -2.31. The Labute approximate surface area is 159 Å². The first kappa shape index (κ1) is 19.5. The number of carbonyl (C=O) groups is 1. The number of rotatable bonds is 6. The van der Waals surface area contributed by atoms with Gasteiger partial charge in [-0.2, -0.15) is 18.4 Å². The van der Waals surface area contributed by atoms with Crippen LogP contribution in [0.1, 0.15) is 29.0 Å². The van der Waals surface area contributed by atoms with Gasteiger partial charge in [0.15, 0.2) is 18.1 Å². The molecule has 0 heterocycles. The zero-order valence-corrected chi connectivity index (χ0v) is 14.9. The van der Waals surface area contributed by atoms with Gasteiger partial charge in [0.25, 0.3) is 5.91 Å². The maximum atomic E-state index is 12.8. The Balaban J connectivity index is 1.54. The fourth-order valence-corrected chi connectivity index (χ4v) is 2.92. The van der Waals surface area contributed by atoms with Crippen LogP contribution in [0.3, 0.4) is 0 Å². The van der Waals surface area contributed by atoms with Crippen molar-refractivity contribution in [3.8, 4) is 17.6 Å². The second-order valence-electron chi connectivity index (χ2n) is 6.41. The number of nitrogens with one attached hydrogen (secondary N) is 1. The third-order valence-corrected chi connectivity index (χ3v) is 4.43. The monoisotopic (exact) mass is 390 g/mol. The van der Waals surface area contributed by atoms with E-state index < -0.39 is 11.7 Å². The molecule has 28 heavy (non-hydrogen) atoms. The van der Waals surface area contributed by atoms with Crippen molar-refractivity contribution in [2.75, 3.05) is 13.7 Å². The molecule has 5 nitrogen and oxygen atoms in total. The number of hydrogen-bond acceptors (Lipinski definition) is 4. The molecule has 3 rings (SSSR count). The zero-order chi connectivity index (χ0) is 20.3. The fourth-order valence-electron chi connectivity index (χ4n) is 2.92. The van der Waals surface area contributed by atoms with E-state index in [4.69, 9.17) is 14.7 Å². The minimum absolute atomic E-state index is 0.143. The van der Waals surface area contributed by atoms with Gasteiger partial charge in [0, 0.05) is 18.0 Å². The van der Waals surface area contributed by atoms with E-state index in [2.05, 4.69) is 5.32 Å². The summed E-state index contributed by atoms with van der Waals surface area (Å²) in [7, 11) is 1.42. The Hall–Kier alpha value is -3.21. The maximum absolute atomic E-state index is 12.8. The van der Waals surface area contributed by atoms with Crippen molar-refractivity contribution in [3.63, 3.8) is 0 Å². The number of ether oxygens (including phenoxy) is 2. The van der Waals surface area contributed by atoms with E-state index in [-0.39, 0.29) is 24.5 Å². The first-order valence-corrected chi connectivity index (χ1v) is 8.49. The van der Waals surface area contributed by atoms with E-state index in [1.807, 2.05) is 6.07 Å². The van der Waals surface area contributed by atoms with E-state index in [0.29, 0.717) is 29.0 Å². The number of alkyl halides is 3. The van der Waals surface area contributed by atoms with Crippen LogP contribution in [0.15, 0.2) is 42.5 Å². The van der Waals surface area contributed by atoms with Crippen molar-refractivity contribution < 1.29 is 27.4 Å². The molecule has 0 aliphatic heterocycles. The van der Waals surface area contributed by atoms with Gasteiger partial charge in [-0.3, -0.25) is 4.79 Å². The molecule has 146 valence electrons. The van der Waals surface area contributed by atoms with Crippen LogP contribution >= 0.6 is 0 Å². The normalized spacial score (nSPS) is 18.1. The van der Waals surface area contributed by atoms with Crippen molar-refractivity contribution in [1.82, 2.24) is 5.32 Å². The highest BCUT2D eigenvalue weighted by Crippen LogP contribution is 2.42. The van der Waals surface area contributed by atoms with Gasteiger partial charge < -0.3 is 14.8 Å². The summed E-state index contributed by atoms with van der Waals surface area (Å²) in [5, 5.41) is 11.6. The lowest BCUT2D eigenvalue weighted by molar-refractivity contribution is -0.137. The zero-order valence-electron chi connectivity index (χ0n) is 14.9. The predicted molar refractivity (Wildman–Crippen MR) is 93.9 cm³/mol. The van der Waals surface area contributed by atoms with Crippen molar-refractivity contribution >= 4 is 5.91 Å².